The Balaban J connectivity index is 1.92. The second-order valence-corrected chi connectivity index (χ2v) is 5.43. The van der Waals surface area contributed by atoms with Crippen molar-refractivity contribution in [2.24, 2.45) is 0 Å². The molecule has 0 fully saturated rings. The molecule has 0 aromatic heterocycles. The SMILES string of the molecule is N#Cc1ccc(N2c3ccccc3Cc3ccccc32)cc1. The third kappa shape index (κ3) is 1.96. The number of anilines is 3. The van der Waals surface area contributed by atoms with Gasteiger partial charge in [0.25, 0.3) is 0 Å². The summed E-state index contributed by atoms with van der Waals surface area (Å²) in [5, 5.41) is 8.99. The van der Waals surface area contributed by atoms with Gasteiger partial charge >= 0.3 is 0 Å². The fraction of sp³-hybridized carbons (Fsp3) is 0.0500. The molecule has 0 radical (unpaired) electrons. The number of hydrogen-bond acceptors (Lipinski definition) is 2. The van der Waals surface area contributed by atoms with Gasteiger partial charge < -0.3 is 4.90 Å². The van der Waals surface area contributed by atoms with E-state index in [0.29, 0.717) is 5.56 Å². The van der Waals surface area contributed by atoms with Crippen molar-refractivity contribution in [3.05, 3.63) is 89.5 Å². The molecule has 0 spiro atoms. The average molecular weight is 282 g/mol. The van der Waals surface area contributed by atoms with Gasteiger partial charge in [0.15, 0.2) is 0 Å². The summed E-state index contributed by atoms with van der Waals surface area (Å²) in [5.74, 6) is 0. The quantitative estimate of drug-likeness (QED) is 0.495. The Bertz CT molecular complexity index is 827. The highest BCUT2D eigenvalue weighted by Crippen LogP contribution is 2.43. The molecule has 1 aliphatic heterocycles. The van der Waals surface area contributed by atoms with Crippen LogP contribution in [-0.2, 0) is 6.42 Å². The Morgan fingerprint density at radius 2 is 1.27 bits per heavy atom. The highest BCUT2D eigenvalue weighted by atomic mass is 15.2. The number of hydrogen-bond donors (Lipinski definition) is 0. The predicted octanol–water partition coefficient (Wildman–Crippen LogP) is 4.93. The van der Waals surface area contributed by atoms with Crippen LogP contribution in [0.1, 0.15) is 16.7 Å². The standard InChI is InChI=1S/C20H14N2/c21-14-15-9-11-18(12-10-15)22-19-7-3-1-5-16(19)13-17-6-2-4-8-20(17)22/h1-12H,13H2. The molecule has 0 saturated carbocycles. The molecule has 2 nitrogen and oxygen atoms in total. The molecule has 0 amide bonds. The predicted molar refractivity (Wildman–Crippen MR) is 88.6 cm³/mol. The molecule has 1 aliphatic rings. The van der Waals surface area contributed by atoms with E-state index in [1.165, 1.54) is 22.5 Å². The van der Waals surface area contributed by atoms with E-state index in [0.717, 1.165) is 12.1 Å². The van der Waals surface area contributed by atoms with Crippen LogP contribution in [0.5, 0.6) is 0 Å². The first-order valence-corrected chi connectivity index (χ1v) is 7.33. The van der Waals surface area contributed by atoms with Crippen LogP contribution >= 0.6 is 0 Å². The smallest absolute Gasteiger partial charge is 0.0991 e. The van der Waals surface area contributed by atoms with Crippen molar-refractivity contribution in [2.75, 3.05) is 4.90 Å². The first kappa shape index (κ1) is 12.7. The molecule has 104 valence electrons. The van der Waals surface area contributed by atoms with Gasteiger partial charge in [-0.25, -0.2) is 0 Å². The topological polar surface area (TPSA) is 27.0 Å². The van der Waals surface area contributed by atoms with Crippen molar-refractivity contribution < 1.29 is 0 Å². The Hall–Kier alpha value is -3.05. The molecule has 0 aliphatic carbocycles. The Morgan fingerprint density at radius 3 is 1.82 bits per heavy atom. The van der Waals surface area contributed by atoms with E-state index in [1.54, 1.807) is 0 Å². The van der Waals surface area contributed by atoms with Crippen LogP contribution in [0.3, 0.4) is 0 Å². The minimum atomic E-state index is 0.683. The number of para-hydroxylation sites is 2. The lowest BCUT2D eigenvalue weighted by Gasteiger charge is -2.33. The summed E-state index contributed by atoms with van der Waals surface area (Å²) in [6.45, 7) is 0. The molecule has 4 rings (SSSR count). The van der Waals surface area contributed by atoms with Gasteiger partial charge in [-0.1, -0.05) is 36.4 Å². The van der Waals surface area contributed by atoms with Crippen molar-refractivity contribution in [3.63, 3.8) is 0 Å². The van der Waals surface area contributed by atoms with Gasteiger partial charge in [-0.15, -0.1) is 0 Å². The van der Waals surface area contributed by atoms with Gasteiger partial charge in [-0.3, -0.25) is 0 Å². The van der Waals surface area contributed by atoms with Gasteiger partial charge in [-0.2, -0.15) is 5.26 Å². The second kappa shape index (κ2) is 5.05. The molecule has 22 heavy (non-hydrogen) atoms. The van der Waals surface area contributed by atoms with E-state index in [9.17, 15) is 0 Å². The van der Waals surface area contributed by atoms with Crippen molar-refractivity contribution in [2.45, 2.75) is 6.42 Å². The maximum Gasteiger partial charge on any atom is 0.0991 e. The van der Waals surface area contributed by atoms with E-state index >= 15 is 0 Å². The maximum atomic E-state index is 8.99. The lowest BCUT2D eigenvalue weighted by Crippen LogP contribution is -2.18. The van der Waals surface area contributed by atoms with Gasteiger partial charge in [-0.05, 0) is 47.5 Å². The zero-order valence-corrected chi connectivity index (χ0v) is 12.0. The summed E-state index contributed by atoms with van der Waals surface area (Å²) in [4.78, 5) is 2.27. The molecule has 2 heteroatoms. The van der Waals surface area contributed by atoms with Crippen LogP contribution in [0.25, 0.3) is 0 Å². The Morgan fingerprint density at radius 1 is 0.727 bits per heavy atom. The van der Waals surface area contributed by atoms with E-state index in [4.69, 9.17) is 5.26 Å². The van der Waals surface area contributed by atoms with Gasteiger partial charge in [0.05, 0.1) is 11.6 Å². The van der Waals surface area contributed by atoms with Crippen LogP contribution < -0.4 is 4.90 Å². The molecular formula is C20H14N2. The van der Waals surface area contributed by atoms with Crippen molar-refractivity contribution in [3.8, 4) is 6.07 Å². The monoisotopic (exact) mass is 282 g/mol. The fourth-order valence-corrected chi connectivity index (χ4v) is 3.06. The lowest BCUT2D eigenvalue weighted by atomic mass is 9.95. The molecule has 0 unspecified atom stereocenters. The van der Waals surface area contributed by atoms with Crippen molar-refractivity contribution >= 4 is 17.1 Å². The summed E-state index contributed by atoms with van der Waals surface area (Å²) < 4.78 is 0. The first-order valence-electron chi connectivity index (χ1n) is 7.33. The van der Waals surface area contributed by atoms with E-state index in [1.807, 2.05) is 24.3 Å². The van der Waals surface area contributed by atoms with Crippen LogP contribution in [-0.4, -0.2) is 0 Å². The van der Waals surface area contributed by atoms with Crippen LogP contribution in [0.4, 0.5) is 17.1 Å². The fourth-order valence-electron chi connectivity index (χ4n) is 3.06. The third-order valence-electron chi connectivity index (χ3n) is 4.10. The van der Waals surface area contributed by atoms with Gasteiger partial charge in [0.2, 0.25) is 0 Å². The second-order valence-electron chi connectivity index (χ2n) is 5.43. The third-order valence-corrected chi connectivity index (χ3v) is 4.10. The van der Waals surface area contributed by atoms with Crippen LogP contribution in [0, 0.1) is 11.3 Å². The zero-order valence-electron chi connectivity index (χ0n) is 12.0. The van der Waals surface area contributed by atoms with E-state index < -0.39 is 0 Å². The molecular weight excluding hydrogens is 268 g/mol. The van der Waals surface area contributed by atoms with E-state index in [-0.39, 0.29) is 0 Å². The van der Waals surface area contributed by atoms with E-state index in [2.05, 4.69) is 59.5 Å². The lowest BCUT2D eigenvalue weighted by molar-refractivity contribution is 1.09. The van der Waals surface area contributed by atoms with Crippen LogP contribution in [0.2, 0.25) is 0 Å². The number of nitrogens with zero attached hydrogens (tertiary/aromatic N) is 2. The first-order chi connectivity index (χ1) is 10.9. The van der Waals surface area contributed by atoms with Gasteiger partial charge in [0.1, 0.15) is 0 Å². The number of fused-ring (bicyclic) bond motifs is 2. The largest absolute Gasteiger partial charge is 0.310 e. The minimum Gasteiger partial charge on any atom is -0.310 e. The number of benzene rings is 3. The number of nitriles is 1. The summed E-state index contributed by atoms with van der Waals surface area (Å²) >= 11 is 0. The Labute approximate surface area is 129 Å². The average Bonchev–Trinajstić information content (AvgIpc) is 2.60. The summed E-state index contributed by atoms with van der Waals surface area (Å²) in [6.07, 6.45) is 0.957. The molecule has 1 heterocycles. The summed E-state index contributed by atoms with van der Waals surface area (Å²) in [6, 6.07) is 26.9. The molecule has 0 saturated heterocycles. The molecule has 0 atom stereocenters. The number of rotatable bonds is 1. The maximum absolute atomic E-state index is 8.99. The molecule has 3 aromatic rings. The van der Waals surface area contributed by atoms with Gasteiger partial charge in [0, 0.05) is 23.5 Å². The van der Waals surface area contributed by atoms with Crippen LogP contribution in [0.15, 0.2) is 72.8 Å². The summed E-state index contributed by atoms with van der Waals surface area (Å²) in [7, 11) is 0. The van der Waals surface area contributed by atoms with Crippen molar-refractivity contribution in [1.82, 2.24) is 0 Å². The highest BCUT2D eigenvalue weighted by Gasteiger charge is 2.23. The van der Waals surface area contributed by atoms with Crippen molar-refractivity contribution in [1.29, 1.82) is 5.26 Å². The summed E-state index contributed by atoms with van der Waals surface area (Å²) in [5.41, 5.74) is 6.84. The normalized spacial score (nSPS) is 12.2. The zero-order chi connectivity index (χ0) is 14.9. The molecule has 0 bridgehead atoms. The molecule has 0 N–H and O–H groups in total. The highest BCUT2D eigenvalue weighted by molar-refractivity contribution is 5.83. The molecule has 3 aromatic carbocycles. The Kier molecular flexibility index (Phi) is 2.91. The minimum absolute atomic E-state index is 0.683.